The fourth-order valence-electron chi connectivity index (χ4n) is 2.97. The Labute approximate surface area is 167 Å². The van der Waals surface area contributed by atoms with Crippen LogP contribution in [0.4, 0.5) is 0 Å². The second-order valence-corrected chi connectivity index (χ2v) is 6.67. The third kappa shape index (κ3) is 9.30. The van der Waals surface area contributed by atoms with Gasteiger partial charge in [0.15, 0.2) is 0 Å². The minimum Gasteiger partial charge on any atom is -0.411 e. The summed E-state index contributed by atoms with van der Waals surface area (Å²) in [6.45, 7) is 5.23. The van der Waals surface area contributed by atoms with E-state index in [1.54, 1.807) is 0 Å². The van der Waals surface area contributed by atoms with Gasteiger partial charge >= 0.3 is 0 Å². The van der Waals surface area contributed by atoms with E-state index < -0.39 is 0 Å². The molecule has 0 unspecified atom stereocenters. The van der Waals surface area contributed by atoms with Crippen LogP contribution in [0.3, 0.4) is 0 Å². The maximum Gasteiger partial charge on any atom is 0.265 e. The summed E-state index contributed by atoms with van der Waals surface area (Å²) in [5.74, 6) is -0.375. The van der Waals surface area contributed by atoms with Gasteiger partial charge in [0.1, 0.15) is 6.21 Å². The molecule has 2 aromatic carbocycles. The van der Waals surface area contributed by atoms with Gasteiger partial charge in [0.25, 0.3) is 5.91 Å². The van der Waals surface area contributed by atoms with Crippen LogP contribution in [0, 0.1) is 0 Å². The van der Waals surface area contributed by atoms with Crippen molar-refractivity contribution in [2.45, 2.75) is 25.9 Å². The average molecular weight is 383 g/mol. The molecule has 0 fully saturated rings. The summed E-state index contributed by atoms with van der Waals surface area (Å²) in [6, 6.07) is 21.1. The highest BCUT2D eigenvalue weighted by Crippen LogP contribution is 2.10. The second-order valence-electron chi connectivity index (χ2n) is 6.67. The monoisotopic (exact) mass is 382 g/mol. The van der Waals surface area contributed by atoms with Crippen molar-refractivity contribution in [1.82, 2.24) is 15.5 Å². The van der Waals surface area contributed by atoms with Gasteiger partial charge in [-0.3, -0.25) is 9.69 Å². The Hall–Kier alpha value is -2.70. The number of hydrogen-bond acceptors (Lipinski definition) is 5. The number of oxime groups is 1. The summed E-state index contributed by atoms with van der Waals surface area (Å²) < 4.78 is 0. The minimum absolute atomic E-state index is 0.375. The first-order valence-corrected chi connectivity index (χ1v) is 9.74. The molecule has 0 aliphatic rings. The lowest BCUT2D eigenvalue weighted by atomic mass is 10.1. The molecular weight excluding hydrogens is 352 g/mol. The quantitative estimate of drug-likeness (QED) is 0.215. The second kappa shape index (κ2) is 13.5. The molecule has 0 radical (unpaired) electrons. The van der Waals surface area contributed by atoms with Crippen molar-refractivity contribution >= 4 is 12.1 Å². The Morgan fingerprint density at radius 1 is 0.893 bits per heavy atom. The molecule has 1 amide bonds. The maximum atomic E-state index is 11.1. The topological polar surface area (TPSA) is 77.0 Å². The van der Waals surface area contributed by atoms with Crippen LogP contribution in [0.25, 0.3) is 0 Å². The first-order valence-electron chi connectivity index (χ1n) is 9.74. The molecule has 0 saturated carbocycles. The molecule has 0 saturated heterocycles. The largest absolute Gasteiger partial charge is 0.411 e. The van der Waals surface area contributed by atoms with E-state index in [0.717, 1.165) is 51.8 Å². The summed E-state index contributed by atoms with van der Waals surface area (Å²) in [6.07, 6.45) is 2.76. The van der Waals surface area contributed by atoms with Crippen molar-refractivity contribution in [3.8, 4) is 0 Å². The molecule has 2 aromatic rings. The molecule has 0 aliphatic carbocycles. The Morgan fingerprint density at radius 3 is 2.04 bits per heavy atom. The summed E-state index contributed by atoms with van der Waals surface area (Å²) in [7, 11) is 0. The van der Waals surface area contributed by atoms with Gasteiger partial charge in [-0.15, -0.1) is 0 Å². The molecule has 2 rings (SSSR count). The van der Waals surface area contributed by atoms with Gasteiger partial charge in [-0.05, 0) is 37.1 Å². The van der Waals surface area contributed by atoms with Gasteiger partial charge in [-0.1, -0.05) is 65.8 Å². The lowest BCUT2D eigenvalue weighted by Gasteiger charge is -2.23. The van der Waals surface area contributed by atoms with E-state index in [2.05, 4.69) is 69.2 Å². The zero-order valence-corrected chi connectivity index (χ0v) is 16.3. The number of rotatable bonds is 13. The average Bonchev–Trinajstić information content (AvgIpc) is 2.71. The fourth-order valence-corrected chi connectivity index (χ4v) is 2.97. The van der Waals surface area contributed by atoms with Gasteiger partial charge in [-0.2, -0.15) is 0 Å². The van der Waals surface area contributed by atoms with Crippen LogP contribution in [0.5, 0.6) is 0 Å². The van der Waals surface area contributed by atoms with Gasteiger partial charge in [-0.25, -0.2) is 0 Å². The highest BCUT2D eigenvalue weighted by molar-refractivity contribution is 6.25. The number of benzene rings is 2. The summed E-state index contributed by atoms with van der Waals surface area (Å²) >= 11 is 0. The van der Waals surface area contributed by atoms with E-state index in [0.29, 0.717) is 6.54 Å². The van der Waals surface area contributed by atoms with E-state index in [1.165, 1.54) is 11.1 Å². The Balaban J connectivity index is 1.68. The smallest absolute Gasteiger partial charge is 0.265 e. The first-order chi connectivity index (χ1) is 13.8. The molecule has 150 valence electrons. The zero-order chi connectivity index (χ0) is 19.9. The fraction of sp³-hybridized carbons (Fsp3) is 0.364. The maximum absolute atomic E-state index is 11.1. The van der Waals surface area contributed by atoms with Gasteiger partial charge in [0.05, 0.1) is 0 Å². The molecule has 0 spiro atoms. The molecule has 6 nitrogen and oxygen atoms in total. The van der Waals surface area contributed by atoms with E-state index in [9.17, 15) is 4.79 Å². The molecule has 0 heterocycles. The van der Waals surface area contributed by atoms with Crippen LogP contribution in [0.2, 0.25) is 0 Å². The number of hydrogen-bond donors (Lipinski definition) is 3. The van der Waals surface area contributed by atoms with E-state index in [-0.39, 0.29) is 5.91 Å². The Kier molecular flexibility index (Phi) is 10.4. The molecule has 3 N–H and O–H groups in total. The van der Waals surface area contributed by atoms with Gasteiger partial charge in [0.2, 0.25) is 0 Å². The molecule has 0 aliphatic heterocycles. The normalized spacial score (nSPS) is 11.2. The van der Waals surface area contributed by atoms with Crippen LogP contribution < -0.4 is 10.6 Å². The summed E-state index contributed by atoms with van der Waals surface area (Å²) in [5, 5.41) is 17.0. The van der Waals surface area contributed by atoms with Crippen LogP contribution in [-0.4, -0.2) is 48.4 Å². The summed E-state index contributed by atoms with van der Waals surface area (Å²) in [5.41, 5.74) is 2.65. The van der Waals surface area contributed by atoms with Crippen molar-refractivity contribution in [3.63, 3.8) is 0 Å². The highest BCUT2D eigenvalue weighted by Gasteiger charge is 2.07. The SMILES string of the molecule is O=C(/C=N/O)NCCCNCCCN(Cc1ccccc1)Cc1ccccc1. The predicted octanol–water partition coefficient (Wildman–Crippen LogP) is 2.63. The van der Waals surface area contributed by atoms with Crippen molar-refractivity contribution < 1.29 is 10.0 Å². The van der Waals surface area contributed by atoms with E-state index in [4.69, 9.17) is 5.21 Å². The van der Waals surface area contributed by atoms with E-state index in [1.807, 2.05) is 12.1 Å². The Morgan fingerprint density at radius 2 is 1.46 bits per heavy atom. The van der Waals surface area contributed by atoms with E-state index >= 15 is 0 Å². The summed E-state index contributed by atoms with van der Waals surface area (Å²) in [4.78, 5) is 13.6. The molecule has 0 atom stereocenters. The molecule has 28 heavy (non-hydrogen) atoms. The van der Waals surface area contributed by atoms with Crippen LogP contribution in [-0.2, 0) is 17.9 Å². The van der Waals surface area contributed by atoms with Crippen LogP contribution in [0.1, 0.15) is 24.0 Å². The predicted molar refractivity (Wildman–Crippen MR) is 112 cm³/mol. The first kappa shape index (κ1) is 21.6. The molecule has 6 heteroatoms. The van der Waals surface area contributed by atoms with Crippen molar-refractivity contribution in [2.75, 3.05) is 26.2 Å². The number of carbonyl (C=O) groups excluding carboxylic acids is 1. The van der Waals surface area contributed by atoms with Crippen molar-refractivity contribution in [2.24, 2.45) is 5.16 Å². The van der Waals surface area contributed by atoms with Gasteiger partial charge < -0.3 is 15.8 Å². The zero-order valence-electron chi connectivity index (χ0n) is 16.3. The van der Waals surface area contributed by atoms with Gasteiger partial charge in [0, 0.05) is 26.2 Å². The molecule has 0 aromatic heterocycles. The number of amides is 1. The number of nitrogens with one attached hydrogen (secondary N) is 2. The number of carbonyl (C=O) groups is 1. The third-order valence-corrected chi connectivity index (χ3v) is 4.33. The lowest BCUT2D eigenvalue weighted by Crippen LogP contribution is -2.30. The molecular formula is C22H30N4O2. The van der Waals surface area contributed by atoms with Crippen molar-refractivity contribution in [1.29, 1.82) is 0 Å². The van der Waals surface area contributed by atoms with Crippen LogP contribution >= 0.6 is 0 Å². The number of nitrogens with zero attached hydrogens (tertiary/aromatic N) is 2. The minimum atomic E-state index is -0.375. The van der Waals surface area contributed by atoms with Crippen molar-refractivity contribution in [3.05, 3.63) is 71.8 Å². The van der Waals surface area contributed by atoms with Crippen LogP contribution in [0.15, 0.2) is 65.8 Å². The third-order valence-electron chi connectivity index (χ3n) is 4.33. The highest BCUT2D eigenvalue weighted by atomic mass is 16.4. The molecule has 0 bridgehead atoms. The lowest BCUT2D eigenvalue weighted by molar-refractivity contribution is -0.114. The Bertz CT molecular complexity index is 651. The standard InChI is InChI=1S/C22H30N4O2/c27-22(17-25-28)24-15-7-13-23-14-8-16-26(18-20-9-3-1-4-10-20)19-21-11-5-2-6-12-21/h1-6,9-12,17,23,28H,7-8,13-16,18-19H2,(H,24,27)/b25-17+.